The number of rotatable bonds is 3. The fourth-order valence-corrected chi connectivity index (χ4v) is 3.58. The zero-order chi connectivity index (χ0) is 15.5. The standard InChI is InChI=1S/C17H21N3OS.2ClH/c1-12-4-3-5-14(8-12)17-19-15(11-22-17)9-16(21)20-7-6-18-10-13(20)2;;/h3-5,8,11,13,18H,6-7,9-10H2,1-2H3;2*1H. The van der Waals surface area contributed by atoms with Crippen LogP contribution in [-0.2, 0) is 11.2 Å². The molecule has 1 aromatic heterocycles. The molecule has 1 aliphatic heterocycles. The van der Waals surface area contributed by atoms with Crippen LogP contribution in [-0.4, -0.2) is 41.5 Å². The van der Waals surface area contributed by atoms with Crippen LogP contribution in [0.4, 0.5) is 0 Å². The van der Waals surface area contributed by atoms with E-state index in [2.05, 4.69) is 42.3 Å². The normalized spacial score (nSPS) is 16.9. The van der Waals surface area contributed by atoms with Gasteiger partial charge < -0.3 is 10.2 Å². The highest BCUT2D eigenvalue weighted by atomic mass is 35.5. The van der Waals surface area contributed by atoms with Crippen LogP contribution in [0.1, 0.15) is 18.2 Å². The molecule has 0 bridgehead atoms. The molecule has 4 nitrogen and oxygen atoms in total. The molecule has 1 aliphatic rings. The van der Waals surface area contributed by atoms with Gasteiger partial charge in [-0.05, 0) is 19.9 Å². The third-order valence-electron chi connectivity index (χ3n) is 3.97. The molecule has 0 radical (unpaired) electrons. The minimum absolute atomic E-state index is 0. The van der Waals surface area contributed by atoms with E-state index >= 15 is 0 Å². The van der Waals surface area contributed by atoms with Crippen LogP contribution in [0.2, 0.25) is 0 Å². The number of benzene rings is 1. The molecule has 2 heterocycles. The van der Waals surface area contributed by atoms with Crippen molar-refractivity contribution in [1.29, 1.82) is 0 Å². The highest BCUT2D eigenvalue weighted by Gasteiger charge is 2.23. The molecular formula is C17H23Cl2N3OS. The Hall–Kier alpha value is -1.14. The second kappa shape index (κ2) is 9.37. The van der Waals surface area contributed by atoms with Crippen molar-refractivity contribution < 1.29 is 4.79 Å². The number of thiazole rings is 1. The Bertz CT molecular complexity index is 677. The van der Waals surface area contributed by atoms with Gasteiger partial charge in [-0.1, -0.05) is 23.8 Å². The van der Waals surface area contributed by atoms with Gasteiger partial charge in [-0.3, -0.25) is 4.79 Å². The molecule has 1 amide bonds. The maximum atomic E-state index is 12.4. The largest absolute Gasteiger partial charge is 0.337 e. The average Bonchev–Trinajstić information content (AvgIpc) is 2.96. The van der Waals surface area contributed by atoms with Crippen molar-refractivity contribution in [1.82, 2.24) is 15.2 Å². The molecule has 7 heteroatoms. The molecule has 0 spiro atoms. The summed E-state index contributed by atoms with van der Waals surface area (Å²) in [5.74, 6) is 0.176. The van der Waals surface area contributed by atoms with Gasteiger partial charge >= 0.3 is 0 Å². The number of hydrogen-bond donors (Lipinski definition) is 1. The van der Waals surface area contributed by atoms with Crippen LogP contribution in [0.3, 0.4) is 0 Å². The van der Waals surface area contributed by atoms with Gasteiger partial charge in [0.2, 0.25) is 5.91 Å². The van der Waals surface area contributed by atoms with Crippen molar-refractivity contribution in [3.63, 3.8) is 0 Å². The molecule has 1 aromatic carbocycles. The Labute approximate surface area is 159 Å². The van der Waals surface area contributed by atoms with Crippen molar-refractivity contribution in [2.45, 2.75) is 26.3 Å². The Morgan fingerprint density at radius 1 is 1.42 bits per heavy atom. The van der Waals surface area contributed by atoms with Gasteiger partial charge in [0.1, 0.15) is 5.01 Å². The molecule has 1 saturated heterocycles. The molecule has 1 atom stereocenters. The topological polar surface area (TPSA) is 45.2 Å². The maximum Gasteiger partial charge on any atom is 0.228 e. The summed E-state index contributed by atoms with van der Waals surface area (Å²) in [5, 5.41) is 6.30. The summed E-state index contributed by atoms with van der Waals surface area (Å²) in [6, 6.07) is 8.57. The first kappa shape index (κ1) is 20.9. The number of hydrogen-bond acceptors (Lipinski definition) is 4. The Morgan fingerprint density at radius 3 is 2.92 bits per heavy atom. The van der Waals surface area contributed by atoms with Crippen molar-refractivity contribution in [3.8, 4) is 10.6 Å². The first-order valence-electron chi connectivity index (χ1n) is 7.65. The van der Waals surface area contributed by atoms with Crippen LogP contribution < -0.4 is 5.32 Å². The number of nitrogens with one attached hydrogen (secondary N) is 1. The van der Waals surface area contributed by atoms with Gasteiger partial charge in [-0.2, -0.15) is 0 Å². The Balaban J connectivity index is 0.00000144. The maximum absolute atomic E-state index is 12.4. The number of aryl methyl sites for hydroxylation is 1. The van der Waals surface area contributed by atoms with Crippen molar-refractivity contribution in [2.75, 3.05) is 19.6 Å². The molecular weight excluding hydrogens is 365 g/mol. The lowest BCUT2D eigenvalue weighted by Crippen LogP contribution is -2.52. The van der Waals surface area contributed by atoms with Crippen LogP contribution in [0, 0.1) is 6.92 Å². The number of carbonyl (C=O) groups excluding carboxylic acids is 1. The molecule has 24 heavy (non-hydrogen) atoms. The number of amides is 1. The molecule has 1 fully saturated rings. The van der Waals surface area contributed by atoms with Gasteiger partial charge in [0.05, 0.1) is 12.1 Å². The van der Waals surface area contributed by atoms with Crippen LogP contribution in [0.15, 0.2) is 29.6 Å². The number of aromatic nitrogens is 1. The smallest absolute Gasteiger partial charge is 0.228 e. The number of carbonyl (C=O) groups is 1. The summed E-state index contributed by atoms with van der Waals surface area (Å²) in [6.45, 7) is 6.70. The summed E-state index contributed by atoms with van der Waals surface area (Å²) in [5.41, 5.74) is 3.22. The first-order chi connectivity index (χ1) is 10.6. The number of piperazine rings is 1. The molecule has 0 saturated carbocycles. The summed E-state index contributed by atoms with van der Waals surface area (Å²) >= 11 is 1.61. The van der Waals surface area contributed by atoms with E-state index in [1.54, 1.807) is 11.3 Å². The zero-order valence-corrected chi connectivity index (χ0v) is 16.3. The Morgan fingerprint density at radius 2 is 2.21 bits per heavy atom. The second-order valence-electron chi connectivity index (χ2n) is 5.83. The fourth-order valence-electron chi connectivity index (χ4n) is 2.77. The zero-order valence-electron chi connectivity index (χ0n) is 13.8. The SMILES string of the molecule is Cc1cccc(-c2nc(CC(=O)N3CCNCC3C)cs2)c1.Cl.Cl. The minimum Gasteiger partial charge on any atom is -0.337 e. The van der Waals surface area contributed by atoms with Crippen molar-refractivity contribution >= 4 is 42.1 Å². The summed E-state index contributed by atoms with van der Waals surface area (Å²) in [4.78, 5) is 19.0. The van der Waals surface area contributed by atoms with E-state index < -0.39 is 0 Å². The van der Waals surface area contributed by atoms with E-state index in [1.807, 2.05) is 16.3 Å². The van der Waals surface area contributed by atoms with Gasteiger partial charge in [0, 0.05) is 36.6 Å². The fraction of sp³-hybridized carbons (Fsp3) is 0.412. The summed E-state index contributed by atoms with van der Waals surface area (Å²) in [6.07, 6.45) is 0.395. The van der Waals surface area contributed by atoms with Crippen LogP contribution in [0.5, 0.6) is 0 Å². The van der Waals surface area contributed by atoms with E-state index in [1.165, 1.54) is 5.56 Å². The first-order valence-corrected chi connectivity index (χ1v) is 8.53. The molecule has 2 aromatic rings. The quantitative estimate of drug-likeness (QED) is 0.878. The van der Waals surface area contributed by atoms with E-state index in [9.17, 15) is 4.79 Å². The average molecular weight is 388 g/mol. The lowest BCUT2D eigenvalue weighted by molar-refractivity contribution is -0.133. The summed E-state index contributed by atoms with van der Waals surface area (Å²) < 4.78 is 0. The predicted molar refractivity (Wildman–Crippen MR) is 105 cm³/mol. The van der Waals surface area contributed by atoms with Gasteiger partial charge in [0.15, 0.2) is 0 Å². The lowest BCUT2D eigenvalue weighted by atomic mass is 10.1. The molecule has 0 aliphatic carbocycles. The highest BCUT2D eigenvalue weighted by Crippen LogP contribution is 2.24. The second-order valence-corrected chi connectivity index (χ2v) is 6.69. The monoisotopic (exact) mass is 387 g/mol. The van der Waals surface area contributed by atoms with Crippen LogP contribution in [0.25, 0.3) is 10.6 Å². The van der Waals surface area contributed by atoms with E-state index in [-0.39, 0.29) is 36.8 Å². The van der Waals surface area contributed by atoms with E-state index in [4.69, 9.17) is 0 Å². The number of nitrogens with zero attached hydrogens (tertiary/aromatic N) is 2. The number of halogens is 2. The third kappa shape index (κ3) is 4.93. The minimum atomic E-state index is 0. The molecule has 1 unspecified atom stereocenters. The van der Waals surface area contributed by atoms with Gasteiger partial charge in [-0.25, -0.2) is 4.98 Å². The van der Waals surface area contributed by atoms with Gasteiger partial charge in [-0.15, -0.1) is 36.2 Å². The predicted octanol–water partition coefficient (Wildman–Crippen LogP) is 3.32. The van der Waals surface area contributed by atoms with Crippen LogP contribution >= 0.6 is 36.2 Å². The molecule has 1 N–H and O–H groups in total. The van der Waals surface area contributed by atoms with E-state index in [0.717, 1.165) is 35.9 Å². The van der Waals surface area contributed by atoms with Crippen molar-refractivity contribution in [2.24, 2.45) is 0 Å². The Kier molecular flexibility index (Phi) is 8.16. The molecule has 132 valence electrons. The third-order valence-corrected chi connectivity index (χ3v) is 4.91. The molecule has 3 rings (SSSR count). The lowest BCUT2D eigenvalue weighted by Gasteiger charge is -2.33. The van der Waals surface area contributed by atoms with E-state index in [0.29, 0.717) is 6.42 Å². The summed E-state index contributed by atoms with van der Waals surface area (Å²) in [7, 11) is 0. The highest BCUT2D eigenvalue weighted by molar-refractivity contribution is 7.13. The van der Waals surface area contributed by atoms with Crippen molar-refractivity contribution in [3.05, 3.63) is 40.9 Å². The van der Waals surface area contributed by atoms with Gasteiger partial charge in [0.25, 0.3) is 0 Å².